The number of fused-ring (bicyclic) bond motifs is 1. The first-order valence-corrected chi connectivity index (χ1v) is 9.35. The minimum Gasteiger partial charge on any atom is -0.358 e. The fourth-order valence-corrected chi connectivity index (χ4v) is 3.59. The second-order valence-electron chi connectivity index (χ2n) is 7.05. The van der Waals surface area contributed by atoms with E-state index in [-0.39, 0.29) is 17.9 Å². The van der Waals surface area contributed by atoms with Crippen molar-refractivity contribution in [3.8, 4) is 0 Å². The lowest BCUT2D eigenvalue weighted by atomic mass is 10.0. The smallest absolute Gasteiger partial charge is 0.270 e. The molecule has 7 nitrogen and oxygen atoms in total. The summed E-state index contributed by atoms with van der Waals surface area (Å²) in [4.78, 5) is 35.5. The van der Waals surface area contributed by atoms with E-state index in [9.17, 15) is 9.59 Å². The predicted molar refractivity (Wildman–Crippen MR) is 102 cm³/mol. The fourth-order valence-electron chi connectivity index (χ4n) is 3.59. The molecular formula is C20H23N5O2. The molecule has 1 aromatic heterocycles. The zero-order valence-electron chi connectivity index (χ0n) is 15.4. The number of carbonyl (C=O) groups excluding carboxylic acids is 2. The van der Waals surface area contributed by atoms with Crippen molar-refractivity contribution in [1.29, 1.82) is 0 Å². The summed E-state index contributed by atoms with van der Waals surface area (Å²) in [5.41, 5.74) is 2.44. The molecule has 7 heteroatoms. The number of benzene rings is 1. The molecule has 0 saturated carbocycles. The third-order valence-electron chi connectivity index (χ3n) is 5.15. The summed E-state index contributed by atoms with van der Waals surface area (Å²) in [6.07, 6.45) is 2.84. The molecule has 2 aliphatic heterocycles. The van der Waals surface area contributed by atoms with Gasteiger partial charge in [0.2, 0.25) is 5.91 Å². The molecule has 3 heterocycles. The standard InChI is InChI=1S/C20H23N5O2/c1-25-12-10-15(20(25)27)22-18-14-9-11-21-19(26)17(14)23-16(24-18)8-7-13-5-3-2-4-6-13/h2-6,15H,7-12H2,1H3,(H,21,26)(H,22,23,24). The van der Waals surface area contributed by atoms with Crippen LogP contribution in [0.5, 0.6) is 0 Å². The zero-order valence-corrected chi connectivity index (χ0v) is 15.4. The van der Waals surface area contributed by atoms with Crippen LogP contribution in [0, 0.1) is 0 Å². The fraction of sp³-hybridized carbons (Fsp3) is 0.400. The van der Waals surface area contributed by atoms with Crippen LogP contribution in [0.15, 0.2) is 30.3 Å². The van der Waals surface area contributed by atoms with Gasteiger partial charge in [-0.1, -0.05) is 30.3 Å². The van der Waals surface area contributed by atoms with E-state index in [4.69, 9.17) is 0 Å². The van der Waals surface area contributed by atoms with Gasteiger partial charge in [-0.3, -0.25) is 9.59 Å². The van der Waals surface area contributed by atoms with E-state index in [2.05, 4.69) is 32.7 Å². The molecule has 2 aromatic rings. The average Bonchev–Trinajstić information content (AvgIpc) is 3.00. The van der Waals surface area contributed by atoms with Crippen LogP contribution in [-0.4, -0.2) is 52.9 Å². The van der Waals surface area contributed by atoms with Gasteiger partial charge >= 0.3 is 0 Å². The molecule has 1 saturated heterocycles. The molecule has 4 rings (SSSR count). The summed E-state index contributed by atoms with van der Waals surface area (Å²) in [6.45, 7) is 1.29. The largest absolute Gasteiger partial charge is 0.358 e. The summed E-state index contributed by atoms with van der Waals surface area (Å²) >= 11 is 0. The highest BCUT2D eigenvalue weighted by atomic mass is 16.2. The molecule has 1 aromatic carbocycles. The number of aryl methyl sites for hydroxylation is 2. The highest BCUT2D eigenvalue weighted by Gasteiger charge is 2.31. The van der Waals surface area contributed by atoms with Crippen LogP contribution < -0.4 is 10.6 Å². The normalized spacial score (nSPS) is 19.0. The van der Waals surface area contributed by atoms with Crippen molar-refractivity contribution in [1.82, 2.24) is 20.2 Å². The number of nitrogens with zero attached hydrogens (tertiary/aromatic N) is 3. The number of amides is 2. The molecule has 1 atom stereocenters. The van der Waals surface area contributed by atoms with Gasteiger partial charge < -0.3 is 15.5 Å². The monoisotopic (exact) mass is 365 g/mol. The Morgan fingerprint density at radius 1 is 1.19 bits per heavy atom. The lowest BCUT2D eigenvalue weighted by Crippen LogP contribution is -2.36. The van der Waals surface area contributed by atoms with Crippen molar-refractivity contribution < 1.29 is 9.59 Å². The number of likely N-dealkylation sites (tertiary alicyclic amines) is 1. The Morgan fingerprint density at radius 2 is 2.00 bits per heavy atom. The molecule has 0 aliphatic carbocycles. The van der Waals surface area contributed by atoms with Gasteiger partial charge in [-0.15, -0.1) is 0 Å². The van der Waals surface area contributed by atoms with Crippen LogP contribution in [0.2, 0.25) is 0 Å². The van der Waals surface area contributed by atoms with Crippen LogP contribution in [0.1, 0.15) is 33.9 Å². The van der Waals surface area contributed by atoms with Gasteiger partial charge in [0, 0.05) is 32.1 Å². The van der Waals surface area contributed by atoms with Gasteiger partial charge in [0.1, 0.15) is 23.4 Å². The highest BCUT2D eigenvalue weighted by Crippen LogP contribution is 2.24. The quantitative estimate of drug-likeness (QED) is 0.831. The number of nitrogens with one attached hydrogen (secondary N) is 2. The van der Waals surface area contributed by atoms with Gasteiger partial charge in [0.05, 0.1) is 0 Å². The second-order valence-corrected chi connectivity index (χ2v) is 7.05. The summed E-state index contributed by atoms with van der Waals surface area (Å²) in [5, 5.41) is 6.13. The summed E-state index contributed by atoms with van der Waals surface area (Å²) < 4.78 is 0. The number of rotatable bonds is 5. The zero-order chi connectivity index (χ0) is 18.8. The molecule has 140 valence electrons. The maximum atomic E-state index is 12.3. The number of anilines is 1. The van der Waals surface area contributed by atoms with E-state index < -0.39 is 0 Å². The van der Waals surface area contributed by atoms with Gasteiger partial charge in [0.15, 0.2) is 0 Å². The summed E-state index contributed by atoms with van der Waals surface area (Å²) in [7, 11) is 1.80. The van der Waals surface area contributed by atoms with E-state index in [1.165, 1.54) is 5.56 Å². The van der Waals surface area contributed by atoms with Crippen LogP contribution in [0.3, 0.4) is 0 Å². The molecular weight excluding hydrogens is 342 g/mol. The Morgan fingerprint density at radius 3 is 2.74 bits per heavy atom. The Kier molecular flexibility index (Phi) is 4.75. The molecule has 2 N–H and O–H groups in total. The maximum Gasteiger partial charge on any atom is 0.270 e. The number of aromatic nitrogens is 2. The third-order valence-corrected chi connectivity index (χ3v) is 5.15. The van der Waals surface area contributed by atoms with Crippen molar-refractivity contribution in [2.75, 3.05) is 25.5 Å². The summed E-state index contributed by atoms with van der Waals surface area (Å²) in [6, 6.07) is 9.84. The van der Waals surface area contributed by atoms with Crippen LogP contribution in [-0.2, 0) is 24.1 Å². The first-order valence-electron chi connectivity index (χ1n) is 9.35. The average molecular weight is 365 g/mol. The third kappa shape index (κ3) is 3.63. The van der Waals surface area contributed by atoms with Crippen LogP contribution >= 0.6 is 0 Å². The first kappa shape index (κ1) is 17.5. The molecule has 0 spiro atoms. The van der Waals surface area contributed by atoms with E-state index in [1.54, 1.807) is 11.9 Å². The molecule has 0 bridgehead atoms. The van der Waals surface area contributed by atoms with Crippen molar-refractivity contribution >= 4 is 17.6 Å². The van der Waals surface area contributed by atoms with Crippen molar-refractivity contribution in [2.45, 2.75) is 31.7 Å². The number of likely N-dealkylation sites (N-methyl/N-ethyl adjacent to an activating group) is 1. The predicted octanol–water partition coefficient (Wildman–Crippen LogP) is 1.19. The van der Waals surface area contributed by atoms with Gasteiger partial charge in [-0.05, 0) is 24.8 Å². The van der Waals surface area contributed by atoms with Gasteiger partial charge in [-0.2, -0.15) is 0 Å². The van der Waals surface area contributed by atoms with E-state index in [0.29, 0.717) is 36.7 Å². The van der Waals surface area contributed by atoms with Crippen LogP contribution in [0.4, 0.5) is 5.82 Å². The van der Waals surface area contributed by atoms with E-state index >= 15 is 0 Å². The minimum absolute atomic E-state index is 0.0634. The first-order chi connectivity index (χ1) is 13.1. The molecule has 1 unspecified atom stereocenters. The number of hydrogen-bond donors (Lipinski definition) is 2. The molecule has 2 aliphatic rings. The molecule has 0 radical (unpaired) electrons. The van der Waals surface area contributed by atoms with Gasteiger partial charge in [-0.25, -0.2) is 9.97 Å². The van der Waals surface area contributed by atoms with Crippen molar-refractivity contribution in [2.24, 2.45) is 0 Å². The second kappa shape index (κ2) is 7.34. The van der Waals surface area contributed by atoms with Gasteiger partial charge in [0.25, 0.3) is 5.91 Å². The Hall–Kier alpha value is -2.96. The Labute approximate surface area is 158 Å². The Balaban J connectivity index is 1.61. The van der Waals surface area contributed by atoms with Crippen LogP contribution in [0.25, 0.3) is 0 Å². The number of hydrogen-bond acceptors (Lipinski definition) is 5. The van der Waals surface area contributed by atoms with Crippen molar-refractivity contribution in [3.63, 3.8) is 0 Å². The minimum atomic E-state index is -0.291. The lowest BCUT2D eigenvalue weighted by molar-refractivity contribution is -0.127. The van der Waals surface area contributed by atoms with Crippen molar-refractivity contribution in [3.05, 3.63) is 53.0 Å². The maximum absolute atomic E-state index is 12.3. The molecule has 1 fully saturated rings. The van der Waals surface area contributed by atoms with E-state index in [1.807, 2.05) is 18.2 Å². The number of carbonyl (C=O) groups is 2. The molecule has 27 heavy (non-hydrogen) atoms. The molecule has 2 amide bonds. The Bertz CT molecular complexity index is 868. The SMILES string of the molecule is CN1CCC(Nc2nc(CCc3ccccc3)nc3c2CCNC3=O)C1=O. The summed E-state index contributed by atoms with van der Waals surface area (Å²) in [5.74, 6) is 1.15. The lowest BCUT2D eigenvalue weighted by Gasteiger charge is -2.22. The van der Waals surface area contributed by atoms with E-state index in [0.717, 1.165) is 24.9 Å². The highest BCUT2D eigenvalue weighted by molar-refractivity contribution is 5.96. The topological polar surface area (TPSA) is 87.2 Å².